The summed E-state index contributed by atoms with van der Waals surface area (Å²) >= 11 is 18.0. The summed E-state index contributed by atoms with van der Waals surface area (Å²) in [6, 6.07) is 12.1. The fraction of sp³-hybridized carbons (Fsp3) is 0.125. The third-order valence-corrected chi connectivity index (χ3v) is 4.38. The minimum atomic E-state index is -1.06. The maximum absolute atomic E-state index is 11.5. The van der Waals surface area contributed by atoms with Gasteiger partial charge in [-0.3, -0.25) is 5.01 Å². The van der Waals surface area contributed by atoms with Crippen LogP contribution in [0, 0.1) is 0 Å². The van der Waals surface area contributed by atoms with Crippen molar-refractivity contribution < 1.29 is 9.90 Å². The third-order valence-electron chi connectivity index (χ3n) is 3.59. The monoisotopic (exact) mass is 368 g/mol. The minimum absolute atomic E-state index is 0.0679. The van der Waals surface area contributed by atoms with Gasteiger partial charge >= 0.3 is 5.97 Å². The Morgan fingerprint density at radius 3 is 2.35 bits per heavy atom. The number of hydrogen-bond acceptors (Lipinski definition) is 3. The zero-order chi connectivity index (χ0) is 16.6. The van der Waals surface area contributed by atoms with E-state index in [2.05, 4.69) is 5.10 Å². The second kappa shape index (κ2) is 6.40. The first-order chi connectivity index (χ1) is 11.0. The molecule has 0 bridgehead atoms. The number of benzene rings is 2. The molecule has 0 radical (unpaired) electrons. The standard InChI is InChI=1S/C16H11Cl3N2O2/c17-10-3-1-9(2-4-10)12-8-21(20-15(12)16(22)23)14-6-5-11(18)7-13(14)19/h1-7,12H,8H2,(H,22,23). The Balaban J connectivity index is 1.97. The van der Waals surface area contributed by atoms with Crippen molar-refractivity contribution >= 4 is 52.2 Å². The van der Waals surface area contributed by atoms with Crippen molar-refractivity contribution in [2.24, 2.45) is 5.10 Å². The van der Waals surface area contributed by atoms with Crippen molar-refractivity contribution in [2.45, 2.75) is 5.92 Å². The van der Waals surface area contributed by atoms with Crippen LogP contribution in [0.1, 0.15) is 11.5 Å². The minimum Gasteiger partial charge on any atom is -0.477 e. The van der Waals surface area contributed by atoms with Gasteiger partial charge < -0.3 is 5.11 Å². The second-order valence-electron chi connectivity index (χ2n) is 5.07. The van der Waals surface area contributed by atoms with E-state index in [1.807, 2.05) is 0 Å². The largest absolute Gasteiger partial charge is 0.477 e. The van der Waals surface area contributed by atoms with Crippen molar-refractivity contribution in [3.05, 3.63) is 63.1 Å². The molecule has 0 fully saturated rings. The highest BCUT2D eigenvalue weighted by Crippen LogP contribution is 2.35. The summed E-state index contributed by atoms with van der Waals surface area (Å²) in [5.74, 6) is -1.42. The molecule has 118 valence electrons. The lowest BCUT2D eigenvalue weighted by molar-refractivity contribution is -0.129. The molecule has 0 amide bonds. The smallest absolute Gasteiger partial charge is 0.352 e. The van der Waals surface area contributed by atoms with Crippen LogP contribution in [-0.2, 0) is 4.79 Å². The van der Waals surface area contributed by atoms with Gasteiger partial charge in [-0.25, -0.2) is 4.79 Å². The molecule has 1 heterocycles. The van der Waals surface area contributed by atoms with Gasteiger partial charge in [0.05, 0.1) is 23.2 Å². The predicted molar refractivity (Wildman–Crippen MR) is 93.1 cm³/mol. The van der Waals surface area contributed by atoms with Crippen LogP contribution in [0.15, 0.2) is 47.6 Å². The summed E-state index contributed by atoms with van der Waals surface area (Å²) in [6.45, 7) is 0.380. The van der Waals surface area contributed by atoms with Gasteiger partial charge in [-0.1, -0.05) is 46.9 Å². The average Bonchev–Trinajstić information content (AvgIpc) is 2.93. The molecule has 4 nitrogen and oxygen atoms in total. The molecule has 0 aliphatic carbocycles. The highest BCUT2D eigenvalue weighted by molar-refractivity contribution is 6.39. The Bertz CT molecular complexity index is 790. The molecule has 0 aromatic heterocycles. The average molecular weight is 370 g/mol. The molecule has 0 saturated carbocycles. The first-order valence-corrected chi connectivity index (χ1v) is 7.89. The number of carboxylic acid groups (broad SMARTS) is 1. The van der Waals surface area contributed by atoms with E-state index in [0.29, 0.717) is 27.3 Å². The molecular formula is C16H11Cl3N2O2. The van der Waals surface area contributed by atoms with Gasteiger partial charge in [-0.2, -0.15) is 5.10 Å². The van der Waals surface area contributed by atoms with E-state index in [1.165, 1.54) is 0 Å². The van der Waals surface area contributed by atoms with Gasteiger partial charge in [0.15, 0.2) is 5.71 Å². The number of halogens is 3. The lowest BCUT2D eigenvalue weighted by atomic mass is 9.95. The normalized spacial score (nSPS) is 17.3. The van der Waals surface area contributed by atoms with Crippen molar-refractivity contribution in [3.63, 3.8) is 0 Å². The highest BCUT2D eigenvalue weighted by Gasteiger charge is 2.33. The Labute approximate surface area is 147 Å². The Kier molecular flexibility index (Phi) is 4.48. The molecule has 1 unspecified atom stereocenters. The molecule has 1 N–H and O–H groups in total. The predicted octanol–water partition coefficient (Wildman–Crippen LogP) is 4.69. The van der Waals surface area contributed by atoms with Crippen LogP contribution in [0.25, 0.3) is 0 Å². The van der Waals surface area contributed by atoms with E-state index in [0.717, 1.165) is 5.56 Å². The van der Waals surface area contributed by atoms with Gasteiger partial charge in [0, 0.05) is 10.0 Å². The number of hydrazone groups is 1. The SMILES string of the molecule is O=C(O)C1=NN(c2ccc(Cl)cc2Cl)CC1c1ccc(Cl)cc1. The molecule has 0 spiro atoms. The topological polar surface area (TPSA) is 52.9 Å². The molecule has 1 atom stereocenters. The van der Waals surface area contributed by atoms with E-state index in [4.69, 9.17) is 34.8 Å². The molecule has 3 rings (SSSR count). The number of aliphatic carboxylic acids is 1. The number of rotatable bonds is 3. The van der Waals surface area contributed by atoms with Crippen LogP contribution in [0.3, 0.4) is 0 Å². The zero-order valence-corrected chi connectivity index (χ0v) is 14.0. The highest BCUT2D eigenvalue weighted by atomic mass is 35.5. The first kappa shape index (κ1) is 16.1. The molecule has 7 heteroatoms. The van der Waals surface area contributed by atoms with Crippen LogP contribution < -0.4 is 5.01 Å². The van der Waals surface area contributed by atoms with Crippen LogP contribution in [0.5, 0.6) is 0 Å². The first-order valence-electron chi connectivity index (χ1n) is 6.75. The molecular weight excluding hydrogens is 359 g/mol. The van der Waals surface area contributed by atoms with Gasteiger partial charge in [-0.15, -0.1) is 0 Å². The van der Waals surface area contributed by atoms with Crippen molar-refractivity contribution in [3.8, 4) is 0 Å². The number of carboxylic acids is 1. The van der Waals surface area contributed by atoms with Crippen molar-refractivity contribution in [1.82, 2.24) is 0 Å². The summed E-state index contributed by atoms with van der Waals surface area (Å²) in [7, 11) is 0. The van der Waals surface area contributed by atoms with E-state index < -0.39 is 5.97 Å². The molecule has 23 heavy (non-hydrogen) atoms. The molecule has 1 aliphatic rings. The lowest BCUT2D eigenvalue weighted by Gasteiger charge is -2.17. The molecule has 2 aromatic rings. The van der Waals surface area contributed by atoms with Gasteiger partial charge in [0.25, 0.3) is 0 Å². The van der Waals surface area contributed by atoms with Gasteiger partial charge in [0.1, 0.15) is 0 Å². The maximum Gasteiger partial charge on any atom is 0.352 e. The lowest BCUT2D eigenvalue weighted by Crippen LogP contribution is -2.21. The molecule has 1 aliphatic heterocycles. The molecule has 0 saturated heterocycles. The van der Waals surface area contributed by atoms with Gasteiger partial charge in [-0.05, 0) is 35.9 Å². The summed E-state index contributed by atoms with van der Waals surface area (Å²) < 4.78 is 0. The van der Waals surface area contributed by atoms with Crippen LogP contribution in [-0.4, -0.2) is 23.3 Å². The number of hydrogen-bond donors (Lipinski definition) is 1. The van der Waals surface area contributed by atoms with E-state index in [-0.39, 0.29) is 11.6 Å². The number of anilines is 1. The van der Waals surface area contributed by atoms with Crippen LogP contribution in [0.4, 0.5) is 5.69 Å². The Morgan fingerprint density at radius 1 is 1.09 bits per heavy atom. The quantitative estimate of drug-likeness (QED) is 0.854. The summed E-state index contributed by atoms with van der Waals surface area (Å²) in [4.78, 5) is 11.5. The zero-order valence-electron chi connectivity index (χ0n) is 11.7. The Morgan fingerprint density at radius 2 is 1.74 bits per heavy atom. The van der Waals surface area contributed by atoms with Crippen LogP contribution in [0.2, 0.25) is 15.1 Å². The third kappa shape index (κ3) is 3.29. The second-order valence-corrected chi connectivity index (χ2v) is 6.35. The fourth-order valence-electron chi connectivity index (χ4n) is 2.49. The van der Waals surface area contributed by atoms with Crippen molar-refractivity contribution in [1.29, 1.82) is 0 Å². The fourth-order valence-corrected chi connectivity index (χ4v) is 3.13. The van der Waals surface area contributed by atoms with Crippen molar-refractivity contribution in [2.75, 3.05) is 11.6 Å². The number of nitrogens with zero attached hydrogens (tertiary/aromatic N) is 2. The summed E-state index contributed by atoms with van der Waals surface area (Å²) in [6.07, 6.45) is 0. The van der Waals surface area contributed by atoms with Gasteiger partial charge in [0.2, 0.25) is 0 Å². The Hall–Kier alpha value is -1.75. The summed E-state index contributed by atoms with van der Waals surface area (Å²) in [5.41, 5.74) is 1.52. The number of carbonyl (C=O) groups is 1. The maximum atomic E-state index is 11.5. The molecule has 2 aromatic carbocycles. The van der Waals surface area contributed by atoms with E-state index in [9.17, 15) is 9.90 Å². The summed E-state index contributed by atoms with van der Waals surface area (Å²) in [5, 5.41) is 16.8. The van der Waals surface area contributed by atoms with Crippen LogP contribution >= 0.6 is 34.8 Å². The van der Waals surface area contributed by atoms with E-state index >= 15 is 0 Å². The van der Waals surface area contributed by atoms with E-state index in [1.54, 1.807) is 47.5 Å².